The van der Waals surface area contributed by atoms with E-state index in [0.717, 1.165) is 5.56 Å². The van der Waals surface area contributed by atoms with Crippen LogP contribution in [0.25, 0.3) is 0 Å². The molecule has 0 atom stereocenters. The number of amides is 1. The number of halogens is 3. The first-order chi connectivity index (χ1) is 9.58. The zero-order valence-electron chi connectivity index (χ0n) is 10.5. The van der Waals surface area contributed by atoms with E-state index in [0.29, 0.717) is 25.1 Å². The molecule has 0 bridgehead atoms. The molecule has 0 unspecified atom stereocenters. The monoisotopic (exact) mass is 279 g/mol. The van der Waals surface area contributed by atoms with Gasteiger partial charge in [-0.3, -0.25) is 4.79 Å². The molecular formula is C15H12F3NO. The zero-order chi connectivity index (χ0) is 14.5. The Kier molecular flexibility index (Phi) is 4.40. The predicted molar refractivity (Wildman–Crippen MR) is 68.8 cm³/mol. The largest absolute Gasteiger partial charge is 0.352 e. The van der Waals surface area contributed by atoms with E-state index in [1.165, 1.54) is 0 Å². The maximum absolute atomic E-state index is 13.0. The van der Waals surface area contributed by atoms with Gasteiger partial charge in [-0.15, -0.1) is 0 Å². The first-order valence-electron chi connectivity index (χ1n) is 6.04. The molecule has 1 amide bonds. The van der Waals surface area contributed by atoms with Crippen molar-refractivity contribution >= 4 is 5.91 Å². The van der Waals surface area contributed by atoms with Crippen LogP contribution in [0.1, 0.15) is 15.9 Å². The van der Waals surface area contributed by atoms with Crippen molar-refractivity contribution in [1.82, 2.24) is 5.32 Å². The summed E-state index contributed by atoms with van der Waals surface area (Å²) in [5.41, 5.74) is 0.790. The number of nitrogens with one attached hydrogen (secondary N) is 1. The third kappa shape index (κ3) is 3.38. The number of benzene rings is 2. The third-order valence-electron chi connectivity index (χ3n) is 2.79. The summed E-state index contributed by atoms with van der Waals surface area (Å²) in [6.45, 7) is 0.323. The second kappa shape index (κ2) is 6.23. The van der Waals surface area contributed by atoms with Gasteiger partial charge in [0, 0.05) is 12.1 Å². The Bertz CT molecular complexity index is 591. The number of carbonyl (C=O) groups excluding carboxylic acids is 1. The number of hydrogen-bond acceptors (Lipinski definition) is 1. The third-order valence-corrected chi connectivity index (χ3v) is 2.79. The molecule has 2 rings (SSSR count). The summed E-state index contributed by atoms with van der Waals surface area (Å²) in [5, 5.41) is 2.53. The minimum atomic E-state index is -1.58. The molecule has 0 aromatic heterocycles. The Morgan fingerprint density at radius 2 is 1.60 bits per heavy atom. The van der Waals surface area contributed by atoms with E-state index < -0.39 is 23.4 Å². The lowest BCUT2D eigenvalue weighted by molar-refractivity contribution is 0.0953. The number of rotatable bonds is 4. The summed E-state index contributed by atoms with van der Waals surface area (Å²) in [7, 11) is 0. The van der Waals surface area contributed by atoms with Crippen LogP contribution >= 0.6 is 0 Å². The van der Waals surface area contributed by atoms with Crippen LogP contribution in [0.15, 0.2) is 42.5 Å². The van der Waals surface area contributed by atoms with E-state index in [4.69, 9.17) is 0 Å². The highest BCUT2D eigenvalue weighted by atomic mass is 19.2. The van der Waals surface area contributed by atoms with Gasteiger partial charge in [-0.2, -0.15) is 0 Å². The Labute approximate surface area is 114 Å². The molecule has 0 aliphatic rings. The molecule has 0 heterocycles. The molecule has 0 spiro atoms. The minimum Gasteiger partial charge on any atom is -0.352 e. The van der Waals surface area contributed by atoms with Gasteiger partial charge in [0.25, 0.3) is 5.91 Å². The maximum Gasteiger partial charge on any atom is 0.251 e. The average Bonchev–Trinajstić information content (AvgIpc) is 2.45. The van der Waals surface area contributed by atoms with Crippen molar-refractivity contribution in [2.24, 2.45) is 0 Å². The van der Waals surface area contributed by atoms with Gasteiger partial charge in [0.2, 0.25) is 0 Å². The molecule has 2 aromatic carbocycles. The summed E-state index contributed by atoms with van der Waals surface area (Å²) >= 11 is 0. The maximum atomic E-state index is 13.0. The van der Waals surface area contributed by atoms with Crippen molar-refractivity contribution in [3.63, 3.8) is 0 Å². The van der Waals surface area contributed by atoms with Crippen LogP contribution in [0, 0.1) is 17.5 Å². The Morgan fingerprint density at radius 1 is 1.00 bits per heavy atom. The highest BCUT2D eigenvalue weighted by molar-refractivity contribution is 5.94. The minimum absolute atomic E-state index is 0.241. The van der Waals surface area contributed by atoms with E-state index >= 15 is 0 Å². The van der Waals surface area contributed by atoms with Crippen LogP contribution in [0.4, 0.5) is 13.2 Å². The molecule has 0 aliphatic heterocycles. The first-order valence-corrected chi connectivity index (χ1v) is 6.04. The van der Waals surface area contributed by atoms with Crippen LogP contribution in [-0.2, 0) is 6.42 Å². The summed E-state index contributed by atoms with van der Waals surface area (Å²) in [4.78, 5) is 11.7. The number of carbonyl (C=O) groups is 1. The van der Waals surface area contributed by atoms with E-state index in [1.807, 2.05) is 30.3 Å². The fraction of sp³-hybridized carbons (Fsp3) is 0.133. The van der Waals surface area contributed by atoms with Crippen molar-refractivity contribution in [3.05, 3.63) is 71.0 Å². The molecule has 104 valence electrons. The second-order valence-corrected chi connectivity index (χ2v) is 4.25. The normalized spacial score (nSPS) is 10.3. The van der Waals surface area contributed by atoms with Gasteiger partial charge < -0.3 is 5.32 Å². The topological polar surface area (TPSA) is 29.1 Å². The molecule has 0 aliphatic carbocycles. The van der Waals surface area contributed by atoms with E-state index in [9.17, 15) is 18.0 Å². The van der Waals surface area contributed by atoms with Gasteiger partial charge in [-0.1, -0.05) is 30.3 Å². The summed E-state index contributed by atoms with van der Waals surface area (Å²) in [5.74, 6) is -4.97. The SMILES string of the molecule is O=C(NCCc1ccccc1)c1cc(F)c(F)c(F)c1. The molecule has 5 heteroatoms. The van der Waals surface area contributed by atoms with Crippen LogP contribution in [0.2, 0.25) is 0 Å². The molecule has 2 aromatic rings. The van der Waals surface area contributed by atoms with Gasteiger partial charge in [-0.05, 0) is 24.1 Å². The molecular weight excluding hydrogens is 267 g/mol. The van der Waals surface area contributed by atoms with Crippen LogP contribution in [0.5, 0.6) is 0 Å². The van der Waals surface area contributed by atoms with Gasteiger partial charge in [0.05, 0.1) is 0 Å². The van der Waals surface area contributed by atoms with Crippen molar-refractivity contribution in [2.45, 2.75) is 6.42 Å². The predicted octanol–water partition coefficient (Wildman–Crippen LogP) is 3.08. The van der Waals surface area contributed by atoms with Gasteiger partial charge in [0.15, 0.2) is 17.5 Å². The Hall–Kier alpha value is -2.30. The quantitative estimate of drug-likeness (QED) is 0.856. The van der Waals surface area contributed by atoms with E-state index in [2.05, 4.69) is 5.32 Å². The fourth-order valence-corrected chi connectivity index (χ4v) is 1.75. The lowest BCUT2D eigenvalue weighted by Crippen LogP contribution is -2.26. The summed E-state index contributed by atoms with van der Waals surface area (Å²) < 4.78 is 38.8. The molecule has 0 saturated heterocycles. The molecule has 0 radical (unpaired) electrons. The van der Waals surface area contributed by atoms with Crippen LogP contribution in [0.3, 0.4) is 0 Å². The molecule has 0 fully saturated rings. The fourth-order valence-electron chi connectivity index (χ4n) is 1.75. The van der Waals surface area contributed by atoms with E-state index in [1.54, 1.807) is 0 Å². The molecule has 1 N–H and O–H groups in total. The van der Waals surface area contributed by atoms with Crippen molar-refractivity contribution in [3.8, 4) is 0 Å². The van der Waals surface area contributed by atoms with Crippen molar-refractivity contribution in [2.75, 3.05) is 6.54 Å². The lowest BCUT2D eigenvalue weighted by atomic mass is 10.1. The number of hydrogen-bond donors (Lipinski definition) is 1. The highest BCUT2D eigenvalue weighted by Gasteiger charge is 2.14. The van der Waals surface area contributed by atoms with Gasteiger partial charge >= 0.3 is 0 Å². The summed E-state index contributed by atoms with van der Waals surface area (Å²) in [6, 6.07) is 10.8. The summed E-state index contributed by atoms with van der Waals surface area (Å²) in [6.07, 6.45) is 0.596. The molecule has 0 saturated carbocycles. The van der Waals surface area contributed by atoms with Crippen LogP contribution < -0.4 is 5.32 Å². The highest BCUT2D eigenvalue weighted by Crippen LogP contribution is 2.13. The first kappa shape index (κ1) is 14.1. The molecule has 20 heavy (non-hydrogen) atoms. The molecule has 2 nitrogen and oxygen atoms in total. The van der Waals surface area contributed by atoms with Crippen LogP contribution in [-0.4, -0.2) is 12.5 Å². The van der Waals surface area contributed by atoms with Crippen molar-refractivity contribution < 1.29 is 18.0 Å². The van der Waals surface area contributed by atoms with E-state index in [-0.39, 0.29) is 5.56 Å². The second-order valence-electron chi connectivity index (χ2n) is 4.25. The standard InChI is InChI=1S/C15H12F3NO/c16-12-8-11(9-13(17)14(12)18)15(20)19-7-6-10-4-2-1-3-5-10/h1-5,8-9H,6-7H2,(H,19,20). The lowest BCUT2D eigenvalue weighted by Gasteiger charge is -2.06. The zero-order valence-corrected chi connectivity index (χ0v) is 10.5. The van der Waals surface area contributed by atoms with Gasteiger partial charge in [-0.25, -0.2) is 13.2 Å². The average molecular weight is 279 g/mol. The Morgan fingerprint density at radius 3 is 2.20 bits per heavy atom. The Balaban J connectivity index is 1.95. The smallest absolute Gasteiger partial charge is 0.251 e. The van der Waals surface area contributed by atoms with Crippen molar-refractivity contribution in [1.29, 1.82) is 0 Å². The van der Waals surface area contributed by atoms with Gasteiger partial charge in [0.1, 0.15) is 0 Å².